The van der Waals surface area contributed by atoms with Crippen molar-refractivity contribution in [3.8, 4) is 11.3 Å². The number of thiazole rings is 1. The zero-order chi connectivity index (χ0) is 18.4. The van der Waals surface area contributed by atoms with Gasteiger partial charge in [0.25, 0.3) is 0 Å². The first kappa shape index (κ1) is 17.7. The summed E-state index contributed by atoms with van der Waals surface area (Å²) in [7, 11) is 0. The summed E-state index contributed by atoms with van der Waals surface area (Å²) in [5, 5.41) is 6.37. The molecule has 142 valence electrons. The smallest absolute Gasteiger partial charge is 0.229 e. The van der Waals surface area contributed by atoms with Gasteiger partial charge in [0.1, 0.15) is 0 Å². The lowest BCUT2D eigenvalue weighted by atomic mass is 9.60. The Hall–Kier alpha value is -1.43. The molecule has 6 rings (SSSR count). The third kappa shape index (κ3) is 3.10. The highest BCUT2D eigenvalue weighted by atomic mass is 35.5. The van der Waals surface area contributed by atoms with Crippen LogP contribution >= 0.6 is 22.9 Å². The van der Waals surface area contributed by atoms with Crippen LogP contribution in [0.2, 0.25) is 5.02 Å². The molecule has 1 N–H and O–H groups in total. The maximum Gasteiger partial charge on any atom is 0.229 e. The Morgan fingerprint density at radius 2 is 2.00 bits per heavy atom. The summed E-state index contributed by atoms with van der Waals surface area (Å²) >= 11 is 7.72. The largest absolute Gasteiger partial charge is 0.381 e. The highest BCUT2D eigenvalue weighted by molar-refractivity contribution is 7.14. The lowest BCUT2D eigenvalue weighted by molar-refractivity contribution is -0.120. The van der Waals surface area contributed by atoms with E-state index in [1.54, 1.807) is 0 Å². The quantitative estimate of drug-likeness (QED) is 0.760. The number of halogens is 1. The number of aromatic nitrogens is 1. The summed E-state index contributed by atoms with van der Waals surface area (Å²) in [5.41, 5.74) is 2.12. The van der Waals surface area contributed by atoms with E-state index in [1.807, 2.05) is 29.6 Å². The van der Waals surface area contributed by atoms with Crippen molar-refractivity contribution < 1.29 is 9.53 Å². The van der Waals surface area contributed by atoms with Crippen molar-refractivity contribution in [1.82, 2.24) is 4.98 Å². The van der Waals surface area contributed by atoms with E-state index >= 15 is 0 Å². The third-order valence-electron chi connectivity index (χ3n) is 6.84. The fourth-order valence-electron chi connectivity index (χ4n) is 5.48. The Labute approximate surface area is 168 Å². The monoisotopic (exact) mass is 402 g/mol. The Bertz CT molecular complexity index is 855. The van der Waals surface area contributed by atoms with Crippen LogP contribution in [0, 0.1) is 23.2 Å². The first-order chi connectivity index (χ1) is 13.1. The number of carbonyl (C=O) groups excluding carboxylic acids is 1. The number of fused-ring (bicyclic) bond motifs is 1. The van der Waals surface area contributed by atoms with Crippen molar-refractivity contribution >= 4 is 34.0 Å². The van der Waals surface area contributed by atoms with E-state index in [9.17, 15) is 4.79 Å². The minimum atomic E-state index is 0.139. The molecule has 2 heterocycles. The maximum atomic E-state index is 12.9. The molecule has 6 heteroatoms. The standard InChI is InChI=1S/C21H23ClN2O2S/c22-17-4-2-1-3-15(17)18-12-27-20(23-18)24-19(25)16-11-21(9-13(16)10-21)14-5-7-26-8-6-14/h1-4,12-14,16H,5-11H2,(H,23,24,25). The molecule has 4 nitrogen and oxygen atoms in total. The lowest BCUT2D eigenvalue weighted by Gasteiger charge is -2.46. The first-order valence-corrected chi connectivity index (χ1v) is 11.0. The zero-order valence-corrected chi connectivity index (χ0v) is 16.7. The summed E-state index contributed by atoms with van der Waals surface area (Å²) in [6.07, 6.45) is 5.80. The van der Waals surface area contributed by atoms with E-state index in [1.165, 1.54) is 24.2 Å². The number of nitrogens with one attached hydrogen (secondary N) is 1. The molecular weight excluding hydrogens is 380 g/mol. The van der Waals surface area contributed by atoms with Crippen LogP contribution in [0.3, 0.4) is 0 Å². The summed E-state index contributed by atoms with van der Waals surface area (Å²) in [6.45, 7) is 1.77. The summed E-state index contributed by atoms with van der Waals surface area (Å²) < 4.78 is 5.53. The molecule has 4 fully saturated rings. The van der Waals surface area contributed by atoms with Gasteiger partial charge in [-0.2, -0.15) is 0 Å². The van der Waals surface area contributed by atoms with Gasteiger partial charge in [-0.15, -0.1) is 11.3 Å². The van der Waals surface area contributed by atoms with Crippen LogP contribution in [-0.2, 0) is 9.53 Å². The predicted octanol–water partition coefficient (Wildman–Crippen LogP) is 5.24. The second-order valence-corrected chi connectivity index (χ2v) is 9.50. The molecule has 4 aliphatic rings. The summed E-state index contributed by atoms with van der Waals surface area (Å²) in [6, 6.07) is 7.66. The highest BCUT2D eigenvalue weighted by Gasteiger charge is 2.60. The van der Waals surface area contributed by atoms with Crippen LogP contribution in [0.15, 0.2) is 29.6 Å². The number of carbonyl (C=O) groups is 1. The van der Waals surface area contributed by atoms with E-state index in [0.717, 1.165) is 49.7 Å². The van der Waals surface area contributed by atoms with Gasteiger partial charge in [0.05, 0.1) is 5.69 Å². The molecule has 2 aromatic rings. The highest BCUT2D eigenvalue weighted by Crippen LogP contribution is 2.66. The fourth-order valence-corrected chi connectivity index (χ4v) is 6.43. The van der Waals surface area contributed by atoms with E-state index in [-0.39, 0.29) is 11.8 Å². The number of hydrogen-bond acceptors (Lipinski definition) is 4. The first-order valence-electron chi connectivity index (χ1n) is 9.74. The number of rotatable bonds is 4. The number of amides is 1. The van der Waals surface area contributed by atoms with Crippen LogP contribution in [0.1, 0.15) is 32.1 Å². The number of anilines is 1. The van der Waals surface area contributed by atoms with Crippen molar-refractivity contribution in [2.24, 2.45) is 23.2 Å². The van der Waals surface area contributed by atoms with Gasteiger partial charge in [-0.05, 0) is 55.4 Å². The van der Waals surface area contributed by atoms with Gasteiger partial charge in [0.15, 0.2) is 5.13 Å². The zero-order valence-electron chi connectivity index (χ0n) is 15.1. The number of nitrogens with zero attached hydrogens (tertiary/aromatic N) is 1. The second-order valence-electron chi connectivity index (χ2n) is 8.23. The van der Waals surface area contributed by atoms with Crippen LogP contribution in [0.5, 0.6) is 0 Å². The van der Waals surface area contributed by atoms with Gasteiger partial charge >= 0.3 is 0 Å². The van der Waals surface area contributed by atoms with Crippen LogP contribution in [-0.4, -0.2) is 24.1 Å². The van der Waals surface area contributed by atoms with Crippen molar-refractivity contribution in [3.05, 3.63) is 34.7 Å². The van der Waals surface area contributed by atoms with Crippen molar-refractivity contribution in [3.63, 3.8) is 0 Å². The molecule has 1 amide bonds. The van der Waals surface area contributed by atoms with Gasteiger partial charge in [-0.25, -0.2) is 4.98 Å². The Morgan fingerprint density at radius 1 is 1.22 bits per heavy atom. The Kier molecular flexibility index (Phi) is 4.49. The molecule has 3 saturated carbocycles. The Morgan fingerprint density at radius 3 is 2.78 bits per heavy atom. The minimum absolute atomic E-state index is 0.139. The summed E-state index contributed by atoms with van der Waals surface area (Å²) in [4.78, 5) is 17.5. The number of ether oxygens (including phenoxy) is 1. The van der Waals surface area contributed by atoms with Crippen LogP contribution in [0.25, 0.3) is 11.3 Å². The second kappa shape index (κ2) is 6.87. The van der Waals surface area contributed by atoms with E-state index in [4.69, 9.17) is 16.3 Å². The van der Waals surface area contributed by atoms with Crippen LogP contribution in [0.4, 0.5) is 5.13 Å². The number of benzene rings is 1. The third-order valence-corrected chi connectivity index (χ3v) is 7.93. The van der Waals surface area contributed by atoms with Crippen molar-refractivity contribution in [2.75, 3.05) is 18.5 Å². The van der Waals surface area contributed by atoms with E-state index in [2.05, 4.69) is 10.3 Å². The average Bonchev–Trinajstić information content (AvgIpc) is 3.36. The topological polar surface area (TPSA) is 51.2 Å². The van der Waals surface area contributed by atoms with Crippen LogP contribution < -0.4 is 5.32 Å². The lowest BCUT2D eigenvalue weighted by Crippen LogP contribution is -2.39. The Balaban J connectivity index is 1.25. The molecule has 0 radical (unpaired) electrons. The maximum absolute atomic E-state index is 12.9. The van der Waals surface area contributed by atoms with Gasteiger partial charge in [0, 0.05) is 35.1 Å². The molecule has 1 saturated heterocycles. The SMILES string of the molecule is O=C(Nc1nc(-c2ccccc2Cl)cs1)C1CC2(C3CCOCC3)CC1C2. The fraction of sp³-hybridized carbons (Fsp3) is 0.524. The predicted molar refractivity (Wildman–Crippen MR) is 108 cm³/mol. The molecule has 3 aliphatic carbocycles. The van der Waals surface area contributed by atoms with Crippen molar-refractivity contribution in [2.45, 2.75) is 32.1 Å². The molecule has 1 aromatic carbocycles. The molecule has 2 bridgehead atoms. The molecule has 1 unspecified atom stereocenters. The summed E-state index contributed by atoms with van der Waals surface area (Å²) in [5.74, 6) is 1.58. The molecule has 27 heavy (non-hydrogen) atoms. The van der Waals surface area contributed by atoms with E-state index < -0.39 is 0 Å². The van der Waals surface area contributed by atoms with E-state index in [0.29, 0.717) is 21.5 Å². The van der Waals surface area contributed by atoms with Gasteiger partial charge < -0.3 is 10.1 Å². The van der Waals surface area contributed by atoms with Crippen molar-refractivity contribution in [1.29, 1.82) is 0 Å². The molecule has 0 spiro atoms. The minimum Gasteiger partial charge on any atom is -0.381 e. The number of hydrogen-bond donors (Lipinski definition) is 1. The van der Waals surface area contributed by atoms with Gasteiger partial charge in [-0.3, -0.25) is 4.79 Å². The molecule has 1 aromatic heterocycles. The normalized spacial score (nSPS) is 30.1. The van der Waals surface area contributed by atoms with Gasteiger partial charge in [-0.1, -0.05) is 29.8 Å². The van der Waals surface area contributed by atoms with Gasteiger partial charge in [0.2, 0.25) is 5.91 Å². The molecule has 1 aliphatic heterocycles. The molecule has 1 atom stereocenters. The molecular formula is C21H23ClN2O2S. The average molecular weight is 403 g/mol.